The summed E-state index contributed by atoms with van der Waals surface area (Å²) in [5.41, 5.74) is 0.695. The second kappa shape index (κ2) is 10.6. The van der Waals surface area contributed by atoms with Crippen LogP contribution in [0.15, 0.2) is 58.5 Å². The fourth-order valence-electron chi connectivity index (χ4n) is 2.42. The third-order valence-electron chi connectivity index (χ3n) is 3.88. The number of rotatable bonds is 11. The maximum absolute atomic E-state index is 12.1. The quantitative estimate of drug-likeness (QED) is 0.358. The molecule has 0 aliphatic heterocycles. The van der Waals surface area contributed by atoms with Gasteiger partial charge in [0.1, 0.15) is 0 Å². The summed E-state index contributed by atoms with van der Waals surface area (Å²) in [6.07, 6.45) is 5.96. The minimum absolute atomic E-state index is 0.159. The average Bonchev–Trinajstić information content (AvgIpc) is 2.69. The zero-order valence-electron chi connectivity index (χ0n) is 15.7. The van der Waals surface area contributed by atoms with Crippen molar-refractivity contribution in [2.75, 3.05) is 13.7 Å². The van der Waals surface area contributed by atoms with E-state index in [-0.39, 0.29) is 4.90 Å². The van der Waals surface area contributed by atoms with Crippen molar-refractivity contribution in [1.82, 2.24) is 4.83 Å². The van der Waals surface area contributed by atoms with E-state index in [1.807, 2.05) is 0 Å². The summed E-state index contributed by atoms with van der Waals surface area (Å²) >= 11 is 0. The molecule has 7 heteroatoms. The lowest BCUT2D eigenvalue weighted by molar-refractivity contribution is 0.285. The molecule has 0 aliphatic carbocycles. The Morgan fingerprint density at radius 1 is 1.04 bits per heavy atom. The van der Waals surface area contributed by atoms with E-state index in [9.17, 15) is 8.42 Å². The summed E-state index contributed by atoms with van der Waals surface area (Å²) in [5, 5.41) is 3.83. The summed E-state index contributed by atoms with van der Waals surface area (Å²) in [6, 6.07) is 13.4. The molecule has 2 aromatic carbocycles. The molecule has 0 saturated carbocycles. The molecule has 2 rings (SSSR count). The minimum Gasteiger partial charge on any atom is -0.493 e. The molecule has 0 spiro atoms. The van der Waals surface area contributed by atoms with E-state index in [1.54, 1.807) is 43.5 Å². The van der Waals surface area contributed by atoms with Crippen LogP contribution in [0.3, 0.4) is 0 Å². The molecule has 0 radical (unpaired) electrons. The Balaban J connectivity index is 1.97. The second-order valence-corrected chi connectivity index (χ2v) is 7.65. The number of ether oxygens (including phenoxy) is 2. The first-order valence-corrected chi connectivity index (χ1v) is 10.5. The van der Waals surface area contributed by atoms with Crippen LogP contribution in [0.1, 0.15) is 38.2 Å². The van der Waals surface area contributed by atoms with E-state index in [1.165, 1.54) is 31.2 Å². The van der Waals surface area contributed by atoms with Crippen molar-refractivity contribution < 1.29 is 17.9 Å². The van der Waals surface area contributed by atoms with Gasteiger partial charge in [0, 0.05) is 0 Å². The second-order valence-electron chi connectivity index (χ2n) is 5.99. The Morgan fingerprint density at radius 2 is 1.81 bits per heavy atom. The molecule has 0 aliphatic rings. The molecule has 0 amide bonds. The van der Waals surface area contributed by atoms with Crippen LogP contribution in [0.2, 0.25) is 0 Å². The topological polar surface area (TPSA) is 77.0 Å². The van der Waals surface area contributed by atoms with Crippen molar-refractivity contribution in [3.8, 4) is 11.5 Å². The van der Waals surface area contributed by atoms with E-state index in [0.29, 0.717) is 23.7 Å². The van der Waals surface area contributed by atoms with Gasteiger partial charge in [0.2, 0.25) is 0 Å². The van der Waals surface area contributed by atoms with Gasteiger partial charge in [0.05, 0.1) is 24.8 Å². The normalized spacial score (nSPS) is 11.5. The Kier molecular flexibility index (Phi) is 8.13. The number of sulfonamides is 1. The Hall–Kier alpha value is -2.54. The van der Waals surface area contributed by atoms with Gasteiger partial charge in [-0.05, 0) is 42.3 Å². The van der Waals surface area contributed by atoms with Crippen LogP contribution in [-0.2, 0) is 10.0 Å². The predicted molar refractivity (Wildman–Crippen MR) is 107 cm³/mol. The SMILES string of the molecule is CCCCCCOc1ccc(/C=N/NS(=O)(=O)c2ccccc2)cc1OC. The monoisotopic (exact) mass is 390 g/mol. The lowest BCUT2D eigenvalue weighted by Crippen LogP contribution is -2.18. The maximum atomic E-state index is 12.1. The van der Waals surface area contributed by atoms with Gasteiger partial charge >= 0.3 is 0 Å². The van der Waals surface area contributed by atoms with Crippen LogP contribution in [0.5, 0.6) is 11.5 Å². The maximum Gasteiger partial charge on any atom is 0.276 e. The highest BCUT2D eigenvalue weighted by Crippen LogP contribution is 2.27. The highest BCUT2D eigenvalue weighted by molar-refractivity contribution is 7.89. The summed E-state index contributed by atoms with van der Waals surface area (Å²) in [6.45, 7) is 2.81. The van der Waals surface area contributed by atoms with E-state index < -0.39 is 10.0 Å². The number of hydrogen-bond acceptors (Lipinski definition) is 5. The molecule has 0 bridgehead atoms. The summed E-state index contributed by atoms with van der Waals surface area (Å²) in [7, 11) is -2.11. The zero-order chi connectivity index (χ0) is 19.5. The standard InChI is InChI=1S/C20H26N2O4S/c1-3-4-5-9-14-26-19-13-12-17(15-20(19)25-2)16-21-22-27(23,24)18-10-7-6-8-11-18/h6-8,10-13,15-16,22H,3-5,9,14H2,1-2H3/b21-16+. The highest BCUT2D eigenvalue weighted by atomic mass is 32.2. The van der Waals surface area contributed by atoms with Crippen molar-refractivity contribution in [3.63, 3.8) is 0 Å². The molecule has 0 atom stereocenters. The first-order valence-electron chi connectivity index (χ1n) is 8.97. The smallest absolute Gasteiger partial charge is 0.276 e. The van der Waals surface area contributed by atoms with Gasteiger partial charge in [-0.1, -0.05) is 44.4 Å². The van der Waals surface area contributed by atoms with Crippen molar-refractivity contribution in [3.05, 3.63) is 54.1 Å². The number of nitrogens with one attached hydrogen (secondary N) is 1. The van der Waals surface area contributed by atoms with Gasteiger partial charge in [0.15, 0.2) is 11.5 Å². The van der Waals surface area contributed by atoms with E-state index in [2.05, 4.69) is 16.9 Å². The third kappa shape index (κ3) is 6.60. The molecule has 6 nitrogen and oxygen atoms in total. The fraction of sp³-hybridized carbons (Fsp3) is 0.350. The Morgan fingerprint density at radius 3 is 2.52 bits per heavy atom. The first-order chi connectivity index (χ1) is 13.1. The first kappa shape index (κ1) is 20.8. The minimum atomic E-state index is -3.68. The summed E-state index contributed by atoms with van der Waals surface area (Å²) < 4.78 is 35.4. The van der Waals surface area contributed by atoms with Gasteiger partial charge in [-0.15, -0.1) is 0 Å². The molecule has 0 unspecified atom stereocenters. The Bertz CT molecular complexity index is 836. The molecule has 0 saturated heterocycles. The molecule has 146 valence electrons. The van der Waals surface area contributed by atoms with Gasteiger partial charge in [-0.3, -0.25) is 0 Å². The summed E-state index contributed by atoms with van der Waals surface area (Å²) in [4.78, 5) is 2.36. The highest BCUT2D eigenvalue weighted by Gasteiger charge is 2.11. The number of hydrazone groups is 1. The van der Waals surface area contributed by atoms with Crippen molar-refractivity contribution in [2.24, 2.45) is 5.10 Å². The van der Waals surface area contributed by atoms with Crippen LogP contribution < -0.4 is 14.3 Å². The molecule has 1 N–H and O–H groups in total. The largest absolute Gasteiger partial charge is 0.493 e. The predicted octanol–water partition coefficient (Wildman–Crippen LogP) is 3.97. The van der Waals surface area contributed by atoms with Gasteiger partial charge in [-0.2, -0.15) is 13.5 Å². The molecule has 0 heterocycles. The van der Waals surface area contributed by atoms with E-state index in [4.69, 9.17) is 9.47 Å². The molecule has 0 aromatic heterocycles. The van der Waals surface area contributed by atoms with Crippen LogP contribution in [-0.4, -0.2) is 28.3 Å². The number of hydrogen-bond donors (Lipinski definition) is 1. The fourth-order valence-corrected chi connectivity index (χ4v) is 3.23. The Labute approximate surface area is 161 Å². The molecular formula is C20H26N2O4S. The van der Waals surface area contributed by atoms with E-state index >= 15 is 0 Å². The molecule has 0 fully saturated rings. The molecule has 27 heavy (non-hydrogen) atoms. The number of benzene rings is 2. The molecule has 2 aromatic rings. The van der Waals surface area contributed by atoms with Crippen molar-refractivity contribution >= 4 is 16.2 Å². The lowest BCUT2D eigenvalue weighted by atomic mass is 10.2. The zero-order valence-corrected chi connectivity index (χ0v) is 16.5. The number of methoxy groups -OCH3 is 1. The number of unbranched alkanes of at least 4 members (excludes halogenated alkanes) is 3. The lowest BCUT2D eigenvalue weighted by Gasteiger charge is -2.11. The van der Waals surface area contributed by atoms with E-state index in [0.717, 1.165) is 12.8 Å². The summed E-state index contributed by atoms with van der Waals surface area (Å²) in [5.74, 6) is 1.25. The van der Waals surface area contributed by atoms with Crippen LogP contribution in [0.4, 0.5) is 0 Å². The van der Waals surface area contributed by atoms with Crippen LogP contribution in [0, 0.1) is 0 Å². The van der Waals surface area contributed by atoms with Gasteiger partial charge < -0.3 is 9.47 Å². The van der Waals surface area contributed by atoms with Crippen molar-refractivity contribution in [1.29, 1.82) is 0 Å². The van der Waals surface area contributed by atoms with Crippen LogP contribution in [0.25, 0.3) is 0 Å². The number of nitrogens with zero attached hydrogens (tertiary/aromatic N) is 1. The van der Waals surface area contributed by atoms with Crippen LogP contribution >= 0.6 is 0 Å². The van der Waals surface area contributed by atoms with Gasteiger partial charge in [0.25, 0.3) is 10.0 Å². The van der Waals surface area contributed by atoms with Gasteiger partial charge in [-0.25, -0.2) is 4.83 Å². The third-order valence-corrected chi connectivity index (χ3v) is 5.12. The molecular weight excluding hydrogens is 364 g/mol. The van der Waals surface area contributed by atoms with Crippen molar-refractivity contribution in [2.45, 2.75) is 37.5 Å². The average molecular weight is 391 g/mol.